The van der Waals surface area contributed by atoms with E-state index in [0.717, 1.165) is 5.56 Å². The number of ether oxygens (including phenoxy) is 2. The number of terminal acetylenes is 1. The molecule has 0 aliphatic rings. The molecule has 0 aromatic heterocycles. The fourth-order valence-corrected chi connectivity index (χ4v) is 2.54. The van der Waals surface area contributed by atoms with Gasteiger partial charge in [0.15, 0.2) is 11.5 Å². The molecule has 2 aromatic carbocycles. The maximum atomic E-state index is 12.5. The zero-order valence-corrected chi connectivity index (χ0v) is 15.9. The second-order valence-corrected chi connectivity index (χ2v) is 5.91. The van der Waals surface area contributed by atoms with Crippen LogP contribution in [0.4, 0.5) is 0 Å². The first-order valence-corrected chi connectivity index (χ1v) is 8.89. The number of hydrogen-bond donors (Lipinski definition) is 1. The SMILES string of the molecule is C#CCOc1ccc(/C=C(\C#N)C(=O)N[C@@H](C)c2ccccc2)cc1OCC. The molecule has 2 rings (SSSR count). The lowest BCUT2D eigenvalue weighted by Crippen LogP contribution is -2.27. The lowest BCUT2D eigenvalue weighted by Gasteiger charge is -2.14. The van der Waals surface area contributed by atoms with E-state index in [1.54, 1.807) is 18.2 Å². The molecule has 0 bridgehead atoms. The summed E-state index contributed by atoms with van der Waals surface area (Å²) in [5, 5.41) is 12.3. The minimum atomic E-state index is -0.440. The van der Waals surface area contributed by atoms with Gasteiger partial charge in [0.2, 0.25) is 0 Å². The number of benzene rings is 2. The van der Waals surface area contributed by atoms with E-state index in [-0.39, 0.29) is 18.2 Å². The molecule has 5 nitrogen and oxygen atoms in total. The van der Waals surface area contributed by atoms with Crippen LogP contribution in [0.2, 0.25) is 0 Å². The highest BCUT2D eigenvalue weighted by Crippen LogP contribution is 2.29. The number of carbonyl (C=O) groups excluding carboxylic acids is 1. The third-order valence-electron chi connectivity index (χ3n) is 3.90. The lowest BCUT2D eigenvalue weighted by atomic mass is 10.1. The molecule has 0 unspecified atom stereocenters. The first-order valence-electron chi connectivity index (χ1n) is 8.89. The molecule has 142 valence electrons. The number of rotatable bonds is 8. The summed E-state index contributed by atoms with van der Waals surface area (Å²) in [4.78, 5) is 12.5. The van der Waals surface area contributed by atoms with E-state index >= 15 is 0 Å². The van der Waals surface area contributed by atoms with Crippen LogP contribution in [0.3, 0.4) is 0 Å². The van der Waals surface area contributed by atoms with Gasteiger partial charge < -0.3 is 14.8 Å². The molecule has 1 atom stereocenters. The summed E-state index contributed by atoms with van der Waals surface area (Å²) >= 11 is 0. The van der Waals surface area contributed by atoms with Crippen molar-refractivity contribution in [1.29, 1.82) is 5.26 Å². The Labute approximate surface area is 165 Å². The molecule has 0 heterocycles. The van der Waals surface area contributed by atoms with Crippen LogP contribution in [0.1, 0.15) is 31.0 Å². The summed E-state index contributed by atoms with van der Waals surface area (Å²) in [7, 11) is 0. The van der Waals surface area contributed by atoms with Crippen LogP contribution in [0, 0.1) is 23.7 Å². The maximum absolute atomic E-state index is 12.5. The van der Waals surface area contributed by atoms with Gasteiger partial charge in [-0.2, -0.15) is 5.26 Å². The fraction of sp³-hybridized carbons (Fsp3) is 0.217. The number of nitriles is 1. The van der Waals surface area contributed by atoms with Crippen molar-refractivity contribution in [3.8, 4) is 29.9 Å². The molecular formula is C23H22N2O3. The van der Waals surface area contributed by atoms with E-state index < -0.39 is 5.91 Å². The minimum absolute atomic E-state index is 0.00234. The third-order valence-corrected chi connectivity index (χ3v) is 3.90. The second kappa shape index (κ2) is 10.4. The van der Waals surface area contributed by atoms with Gasteiger partial charge in [0.05, 0.1) is 12.6 Å². The summed E-state index contributed by atoms with van der Waals surface area (Å²) in [6, 6.07) is 16.4. The van der Waals surface area contributed by atoms with E-state index in [0.29, 0.717) is 23.7 Å². The van der Waals surface area contributed by atoms with Crippen molar-refractivity contribution in [3.05, 3.63) is 65.2 Å². The molecule has 0 aliphatic heterocycles. The highest BCUT2D eigenvalue weighted by molar-refractivity contribution is 6.01. The van der Waals surface area contributed by atoms with Crippen molar-refractivity contribution < 1.29 is 14.3 Å². The molecule has 0 saturated carbocycles. The van der Waals surface area contributed by atoms with Crippen molar-refractivity contribution in [3.63, 3.8) is 0 Å². The average molecular weight is 374 g/mol. The average Bonchev–Trinajstić information content (AvgIpc) is 2.72. The molecule has 0 radical (unpaired) electrons. The predicted octanol–water partition coefficient (Wildman–Crippen LogP) is 3.88. The smallest absolute Gasteiger partial charge is 0.262 e. The summed E-state index contributed by atoms with van der Waals surface area (Å²) in [6.07, 6.45) is 6.74. The number of nitrogens with one attached hydrogen (secondary N) is 1. The normalized spacial score (nSPS) is 11.6. The second-order valence-electron chi connectivity index (χ2n) is 5.91. The number of hydrogen-bond acceptors (Lipinski definition) is 4. The Kier molecular flexibility index (Phi) is 7.69. The monoisotopic (exact) mass is 374 g/mol. The number of nitrogens with zero attached hydrogens (tertiary/aromatic N) is 1. The Hall–Kier alpha value is -3.70. The van der Waals surface area contributed by atoms with E-state index in [9.17, 15) is 10.1 Å². The number of amides is 1. The molecular weight excluding hydrogens is 352 g/mol. The topological polar surface area (TPSA) is 71.3 Å². The quantitative estimate of drug-likeness (QED) is 0.432. The van der Waals surface area contributed by atoms with Crippen LogP contribution >= 0.6 is 0 Å². The van der Waals surface area contributed by atoms with Crippen molar-refractivity contribution in [1.82, 2.24) is 5.32 Å². The van der Waals surface area contributed by atoms with Crippen molar-refractivity contribution in [2.45, 2.75) is 19.9 Å². The van der Waals surface area contributed by atoms with Gasteiger partial charge in [-0.25, -0.2) is 0 Å². The molecule has 0 spiro atoms. The molecule has 1 amide bonds. The standard InChI is InChI=1S/C23H22N2O3/c1-4-13-28-21-12-11-18(15-22(21)27-5-2)14-20(16-24)23(26)25-17(3)19-9-7-6-8-10-19/h1,6-12,14-15,17H,5,13H2,2-3H3,(H,25,26)/b20-14+/t17-/m0/s1. The zero-order valence-electron chi connectivity index (χ0n) is 15.9. The lowest BCUT2D eigenvalue weighted by molar-refractivity contribution is -0.117. The molecule has 1 N–H and O–H groups in total. The summed E-state index contributed by atoms with van der Waals surface area (Å²) < 4.78 is 11.0. The summed E-state index contributed by atoms with van der Waals surface area (Å²) in [6.45, 7) is 4.29. The molecule has 5 heteroatoms. The van der Waals surface area contributed by atoms with Crippen LogP contribution in [0.25, 0.3) is 6.08 Å². The van der Waals surface area contributed by atoms with Crippen molar-refractivity contribution in [2.75, 3.05) is 13.2 Å². The maximum Gasteiger partial charge on any atom is 0.262 e. The Bertz CT molecular complexity index is 921. The Morgan fingerprint density at radius 2 is 1.96 bits per heavy atom. The van der Waals surface area contributed by atoms with Crippen LogP contribution in [0.5, 0.6) is 11.5 Å². The largest absolute Gasteiger partial charge is 0.490 e. The van der Waals surface area contributed by atoms with Gasteiger partial charge in [0.1, 0.15) is 18.2 Å². The van der Waals surface area contributed by atoms with Crippen LogP contribution in [-0.2, 0) is 4.79 Å². The molecule has 28 heavy (non-hydrogen) atoms. The van der Waals surface area contributed by atoms with E-state index in [2.05, 4.69) is 11.2 Å². The molecule has 0 saturated heterocycles. The molecule has 2 aromatic rings. The Morgan fingerprint density at radius 1 is 1.21 bits per heavy atom. The highest BCUT2D eigenvalue weighted by Gasteiger charge is 2.14. The van der Waals surface area contributed by atoms with Gasteiger partial charge in [-0.3, -0.25) is 4.79 Å². The van der Waals surface area contributed by atoms with E-state index in [1.807, 2.05) is 50.2 Å². The number of carbonyl (C=O) groups is 1. The Morgan fingerprint density at radius 3 is 2.61 bits per heavy atom. The molecule has 0 fully saturated rings. The predicted molar refractivity (Wildman–Crippen MR) is 109 cm³/mol. The van der Waals surface area contributed by atoms with Gasteiger partial charge in [-0.1, -0.05) is 42.3 Å². The van der Waals surface area contributed by atoms with Gasteiger partial charge in [0, 0.05) is 0 Å². The van der Waals surface area contributed by atoms with Crippen LogP contribution in [0.15, 0.2) is 54.1 Å². The Balaban J connectivity index is 2.21. The summed E-state index contributed by atoms with van der Waals surface area (Å²) in [5.74, 6) is 2.98. The van der Waals surface area contributed by atoms with Gasteiger partial charge in [0.25, 0.3) is 5.91 Å². The van der Waals surface area contributed by atoms with E-state index in [4.69, 9.17) is 15.9 Å². The highest BCUT2D eigenvalue weighted by atomic mass is 16.5. The minimum Gasteiger partial charge on any atom is -0.490 e. The van der Waals surface area contributed by atoms with Crippen LogP contribution < -0.4 is 14.8 Å². The van der Waals surface area contributed by atoms with Gasteiger partial charge >= 0.3 is 0 Å². The fourth-order valence-electron chi connectivity index (χ4n) is 2.54. The van der Waals surface area contributed by atoms with Crippen molar-refractivity contribution >= 4 is 12.0 Å². The third kappa shape index (κ3) is 5.65. The van der Waals surface area contributed by atoms with Gasteiger partial charge in [-0.05, 0) is 43.2 Å². The summed E-state index contributed by atoms with van der Waals surface area (Å²) in [5.41, 5.74) is 1.61. The zero-order chi connectivity index (χ0) is 20.4. The first-order chi connectivity index (χ1) is 13.6. The van der Waals surface area contributed by atoms with E-state index in [1.165, 1.54) is 6.08 Å². The molecule has 0 aliphatic carbocycles. The van der Waals surface area contributed by atoms with Crippen LogP contribution in [-0.4, -0.2) is 19.1 Å². The van der Waals surface area contributed by atoms with Gasteiger partial charge in [-0.15, -0.1) is 6.42 Å². The first kappa shape index (κ1) is 20.6. The van der Waals surface area contributed by atoms with Crippen molar-refractivity contribution in [2.24, 2.45) is 0 Å².